The van der Waals surface area contributed by atoms with Gasteiger partial charge in [0.1, 0.15) is 30.5 Å². The van der Waals surface area contributed by atoms with E-state index in [1.807, 2.05) is 24.5 Å². The van der Waals surface area contributed by atoms with Crippen molar-refractivity contribution in [3.8, 4) is 0 Å². The zero-order chi connectivity index (χ0) is 23.3. The van der Waals surface area contributed by atoms with Gasteiger partial charge < -0.3 is 19.5 Å². The van der Waals surface area contributed by atoms with E-state index in [0.717, 1.165) is 18.7 Å². The lowest BCUT2D eigenvalue weighted by molar-refractivity contribution is -0.191. The molecule has 9 heteroatoms. The summed E-state index contributed by atoms with van der Waals surface area (Å²) in [7, 11) is 0. The van der Waals surface area contributed by atoms with Crippen LogP contribution in [0.5, 0.6) is 0 Å². The van der Waals surface area contributed by atoms with E-state index in [0.29, 0.717) is 22.8 Å². The van der Waals surface area contributed by atoms with Crippen molar-refractivity contribution in [2.45, 2.75) is 75.9 Å². The summed E-state index contributed by atoms with van der Waals surface area (Å²) < 4.78 is 34.8. The first-order chi connectivity index (χ1) is 16.5. The lowest BCUT2D eigenvalue weighted by Crippen LogP contribution is -2.28. The van der Waals surface area contributed by atoms with E-state index in [-0.39, 0.29) is 18.0 Å². The molecule has 2 aromatic heterocycles. The van der Waals surface area contributed by atoms with Crippen molar-refractivity contribution in [2.24, 2.45) is 0 Å². The molecule has 1 N–H and O–H groups in total. The third-order valence-electron chi connectivity index (χ3n) is 6.76. The van der Waals surface area contributed by atoms with Crippen LogP contribution in [-0.2, 0) is 14.2 Å². The fraction of sp³-hybridized carbons (Fsp3) is 0.480. The lowest BCUT2D eigenvalue weighted by Gasteiger charge is -2.24. The second-order valence-electron chi connectivity index (χ2n) is 9.61. The predicted octanol–water partition coefficient (Wildman–Crippen LogP) is 4.45. The van der Waals surface area contributed by atoms with Crippen LogP contribution in [0.25, 0.3) is 17.2 Å². The molecule has 4 unspecified atom stereocenters. The van der Waals surface area contributed by atoms with Gasteiger partial charge in [0.2, 0.25) is 0 Å². The lowest BCUT2D eigenvalue weighted by atomic mass is 10.1. The van der Waals surface area contributed by atoms with E-state index in [1.54, 1.807) is 36.9 Å². The molecule has 2 saturated heterocycles. The third-order valence-corrected chi connectivity index (χ3v) is 6.76. The molecule has 0 radical (unpaired) electrons. The summed E-state index contributed by atoms with van der Waals surface area (Å²) in [4.78, 5) is 13.6. The van der Waals surface area contributed by atoms with Crippen LogP contribution in [0.15, 0.2) is 43.0 Å². The van der Waals surface area contributed by atoms with Crippen molar-refractivity contribution in [1.82, 2.24) is 19.5 Å². The Balaban J connectivity index is 1.31. The molecule has 34 heavy (non-hydrogen) atoms. The van der Waals surface area contributed by atoms with E-state index in [9.17, 15) is 4.39 Å². The van der Waals surface area contributed by atoms with E-state index in [1.165, 1.54) is 18.9 Å². The van der Waals surface area contributed by atoms with Crippen molar-refractivity contribution in [2.75, 3.05) is 5.32 Å². The van der Waals surface area contributed by atoms with Crippen LogP contribution in [0.3, 0.4) is 0 Å². The summed E-state index contributed by atoms with van der Waals surface area (Å²) in [6.45, 7) is 3.77. The van der Waals surface area contributed by atoms with Crippen molar-refractivity contribution in [3.63, 3.8) is 0 Å². The summed E-state index contributed by atoms with van der Waals surface area (Å²) in [6, 6.07) is 7.05. The average molecular weight is 466 g/mol. The van der Waals surface area contributed by atoms with Crippen molar-refractivity contribution in [1.29, 1.82) is 0 Å². The number of hydrogen-bond acceptors (Lipinski definition) is 7. The van der Waals surface area contributed by atoms with Crippen molar-refractivity contribution >= 4 is 23.1 Å². The molecule has 8 nitrogen and oxygen atoms in total. The Morgan fingerprint density at radius 2 is 1.88 bits per heavy atom. The molecule has 4 heterocycles. The Labute approximate surface area is 197 Å². The number of rotatable bonds is 5. The van der Waals surface area contributed by atoms with Gasteiger partial charge in [-0.05, 0) is 32.8 Å². The molecule has 3 fully saturated rings. The van der Waals surface area contributed by atoms with Gasteiger partial charge in [-0.2, -0.15) is 0 Å². The molecule has 3 aromatic rings. The Hall–Kier alpha value is -2.88. The highest BCUT2D eigenvalue weighted by atomic mass is 19.1. The van der Waals surface area contributed by atoms with Crippen LogP contribution in [-0.4, -0.2) is 49.7 Å². The standard InChI is InChI=1S/C25H28FN5O3/c1-25(2)33-20-18(12-11-15-7-3-6-10-17(15)26)32-24(21(20)34-25)31-14-29-19-22(27-13-28-23(19)31)30-16-8-4-5-9-16/h3,6-7,10-14,16,18,20-21,24H,4-5,8-9H2,1-2H3,(H,27,28,30). The van der Waals surface area contributed by atoms with Gasteiger partial charge in [0, 0.05) is 11.6 Å². The quantitative estimate of drug-likeness (QED) is 0.596. The topological polar surface area (TPSA) is 83.3 Å². The fourth-order valence-electron chi connectivity index (χ4n) is 5.20. The normalized spacial score (nSPS) is 28.8. The number of ether oxygens (including phenoxy) is 3. The molecule has 6 rings (SSSR count). The molecule has 1 aliphatic carbocycles. The summed E-state index contributed by atoms with van der Waals surface area (Å²) in [5.74, 6) is -0.305. The van der Waals surface area contributed by atoms with Crippen molar-refractivity contribution in [3.05, 3.63) is 54.4 Å². The smallest absolute Gasteiger partial charge is 0.167 e. The van der Waals surface area contributed by atoms with Gasteiger partial charge >= 0.3 is 0 Å². The highest BCUT2D eigenvalue weighted by Crippen LogP contribution is 2.44. The molecule has 178 valence electrons. The highest BCUT2D eigenvalue weighted by Gasteiger charge is 2.55. The van der Waals surface area contributed by atoms with Crippen molar-refractivity contribution < 1.29 is 18.6 Å². The van der Waals surface area contributed by atoms with Gasteiger partial charge in [-0.3, -0.25) is 4.57 Å². The Morgan fingerprint density at radius 1 is 1.09 bits per heavy atom. The number of nitrogens with one attached hydrogen (secondary N) is 1. The minimum absolute atomic E-state index is 0.284. The summed E-state index contributed by atoms with van der Waals surface area (Å²) in [5, 5.41) is 3.53. The number of imidazole rings is 1. The zero-order valence-corrected chi connectivity index (χ0v) is 19.2. The van der Waals surface area contributed by atoms with Gasteiger partial charge in [0.25, 0.3) is 0 Å². The number of anilines is 1. The van der Waals surface area contributed by atoms with E-state index >= 15 is 0 Å². The van der Waals surface area contributed by atoms with Crippen LogP contribution in [0.2, 0.25) is 0 Å². The van der Waals surface area contributed by atoms with Crippen LogP contribution >= 0.6 is 0 Å². The monoisotopic (exact) mass is 465 g/mol. The number of aromatic nitrogens is 4. The molecular weight excluding hydrogens is 437 g/mol. The second-order valence-corrected chi connectivity index (χ2v) is 9.61. The first-order valence-corrected chi connectivity index (χ1v) is 11.9. The second kappa shape index (κ2) is 8.41. The first kappa shape index (κ1) is 21.6. The molecule has 2 aliphatic heterocycles. The SMILES string of the molecule is CC1(C)OC2C(C=Cc3ccccc3F)OC(n3cnc4c(NC5CCCC5)ncnc43)C2O1. The van der Waals surface area contributed by atoms with Crippen LogP contribution < -0.4 is 5.32 Å². The van der Waals surface area contributed by atoms with Crippen LogP contribution in [0.1, 0.15) is 51.3 Å². The Bertz CT molecular complexity index is 1220. The van der Waals surface area contributed by atoms with E-state index < -0.39 is 18.1 Å². The van der Waals surface area contributed by atoms with E-state index in [2.05, 4.69) is 20.3 Å². The molecule has 0 amide bonds. The van der Waals surface area contributed by atoms with Gasteiger partial charge in [0.15, 0.2) is 29.0 Å². The van der Waals surface area contributed by atoms with Gasteiger partial charge in [-0.15, -0.1) is 0 Å². The molecular formula is C25H28FN5O3. The zero-order valence-electron chi connectivity index (χ0n) is 19.2. The average Bonchev–Trinajstić information content (AvgIpc) is 3.58. The van der Waals surface area contributed by atoms with E-state index in [4.69, 9.17) is 14.2 Å². The first-order valence-electron chi connectivity index (χ1n) is 11.9. The molecule has 4 atom stereocenters. The van der Waals surface area contributed by atoms with Gasteiger partial charge in [-0.1, -0.05) is 43.2 Å². The van der Waals surface area contributed by atoms with Crippen LogP contribution in [0, 0.1) is 5.82 Å². The molecule has 0 spiro atoms. The van der Waals surface area contributed by atoms with Gasteiger partial charge in [-0.25, -0.2) is 19.3 Å². The predicted molar refractivity (Wildman–Crippen MR) is 124 cm³/mol. The Morgan fingerprint density at radius 3 is 2.71 bits per heavy atom. The number of benzene rings is 1. The largest absolute Gasteiger partial charge is 0.365 e. The summed E-state index contributed by atoms with van der Waals surface area (Å²) in [6.07, 6.45) is 9.93. The maximum atomic E-state index is 14.1. The number of hydrogen-bond donors (Lipinski definition) is 1. The summed E-state index contributed by atoms with van der Waals surface area (Å²) in [5.41, 5.74) is 1.87. The molecule has 1 saturated carbocycles. The number of halogens is 1. The minimum atomic E-state index is -0.762. The van der Waals surface area contributed by atoms with Gasteiger partial charge in [0.05, 0.1) is 6.33 Å². The molecule has 3 aliphatic rings. The summed E-state index contributed by atoms with van der Waals surface area (Å²) >= 11 is 0. The van der Waals surface area contributed by atoms with Crippen LogP contribution in [0.4, 0.5) is 10.2 Å². The molecule has 1 aromatic carbocycles. The third kappa shape index (κ3) is 3.87. The maximum absolute atomic E-state index is 14.1. The number of nitrogens with zero attached hydrogens (tertiary/aromatic N) is 4. The molecule has 0 bridgehead atoms. The fourth-order valence-corrected chi connectivity index (χ4v) is 5.20. The highest BCUT2D eigenvalue weighted by molar-refractivity contribution is 5.82. The Kier molecular flexibility index (Phi) is 5.35. The minimum Gasteiger partial charge on any atom is -0.365 e. The number of fused-ring (bicyclic) bond motifs is 2. The maximum Gasteiger partial charge on any atom is 0.167 e.